The van der Waals surface area contributed by atoms with Gasteiger partial charge in [-0.2, -0.15) is 0 Å². The fourth-order valence-corrected chi connectivity index (χ4v) is 17.6. The lowest BCUT2D eigenvalue weighted by molar-refractivity contribution is -0.143. The van der Waals surface area contributed by atoms with Crippen LogP contribution in [-0.2, 0) is 0 Å². The van der Waals surface area contributed by atoms with E-state index < -0.39 is 0 Å². The Bertz CT molecular complexity index is 875. The van der Waals surface area contributed by atoms with Gasteiger partial charge in [0.1, 0.15) is 0 Å². The Morgan fingerprint density at radius 1 is 0.152 bits per heavy atom. The van der Waals surface area contributed by atoms with Crippen molar-refractivity contribution in [3.05, 3.63) is 0 Å². The minimum atomic E-state index is 1.12. The normalized spacial score (nSPS) is 53.2. The van der Waals surface area contributed by atoms with Crippen molar-refractivity contribution in [1.82, 2.24) is 0 Å². The molecule has 9 aliphatic carbocycles. The molecule has 0 spiro atoms. The summed E-state index contributed by atoms with van der Waals surface area (Å²) in [5.41, 5.74) is 0. The van der Waals surface area contributed by atoms with E-state index in [2.05, 4.69) is 0 Å². The lowest BCUT2D eigenvalue weighted by Crippen LogP contribution is -2.56. The van der Waals surface area contributed by atoms with E-state index in [4.69, 9.17) is 0 Å². The summed E-state index contributed by atoms with van der Waals surface area (Å²) >= 11 is 0. The maximum atomic E-state index is 1.65. The zero-order valence-electron chi connectivity index (χ0n) is 30.5. The van der Waals surface area contributed by atoms with Gasteiger partial charge in [0.25, 0.3) is 0 Å². The first-order valence-corrected chi connectivity index (χ1v) is 22.9. The first-order chi connectivity index (χ1) is 22.9. The molecule has 46 heavy (non-hydrogen) atoms. The lowest BCUT2D eigenvalue weighted by atomic mass is 9.42. The van der Waals surface area contributed by atoms with Crippen LogP contribution in [-0.4, -0.2) is 0 Å². The highest BCUT2D eigenvalue weighted by atomic mass is 14.6. The Balaban J connectivity index is 1.04. The Morgan fingerprint density at radius 2 is 0.348 bits per heavy atom. The quantitative estimate of drug-likeness (QED) is 0.290. The molecule has 0 heteroatoms. The molecule has 0 amide bonds. The van der Waals surface area contributed by atoms with Crippen LogP contribution in [0.15, 0.2) is 0 Å². The van der Waals surface area contributed by atoms with Crippen molar-refractivity contribution in [1.29, 1.82) is 0 Å². The maximum Gasteiger partial charge on any atom is -0.0321 e. The van der Waals surface area contributed by atoms with Crippen molar-refractivity contribution in [3.63, 3.8) is 0 Å². The zero-order chi connectivity index (χ0) is 30.5. The van der Waals surface area contributed by atoms with Crippen LogP contribution in [0.3, 0.4) is 0 Å². The summed E-state index contributed by atoms with van der Waals surface area (Å²) in [5.74, 6) is 18.1. The van der Waals surface area contributed by atoms with E-state index in [0.717, 1.165) is 94.7 Å². The van der Waals surface area contributed by atoms with Crippen molar-refractivity contribution in [2.45, 2.75) is 193 Å². The smallest absolute Gasteiger partial charge is 0.0321 e. The molecule has 9 saturated carbocycles. The maximum absolute atomic E-state index is 1.65. The van der Waals surface area contributed by atoms with Gasteiger partial charge in [0.05, 0.1) is 0 Å². The van der Waals surface area contributed by atoms with Gasteiger partial charge in [-0.25, -0.2) is 0 Å². The minimum Gasteiger partial charge on any atom is -0.0530 e. The van der Waals surface area contributed by atoms with E-state index in [1.807, 2.05) is 0 Å². The van der Waals surface area contributed by atoms with E-state index in [9.17, 15) is 0 Å². The highest BCUT2D eigenvalue weighted by Crippen LogP contribution is 2.65. The SMILES string of the molecule is C1CCC2C(C1)CCCC2C1CCCCC1C1C2CCCCC2C(C2CCCCC2C2CCCC3CCCCC32)C2CCCCC21. The highest BCUT2D eigenvalue weighted by molar-refractivity contribution is 5.07. The molecule has 9 rings (SSSR count). The highest BCUT2D eigenvalue weighted by Gasteiger charge is 2.58. The number of fused-ring (bicyclic) bond motifs is 4. The average molecular weight is 629 g/mol. The first kappa shape index (κ1) is 31.9. The molecule has 14 atom stereocenters. The summed E-state index contributed by atoms with van der Waals surface area (Å²) in [5, 5.41) is 0. The molecule has 0 aromatic rings. The van der Waals surface area contributed by atoms with Gasteiger partial charge in [-0.15, -0.1) is 0 Å². The molecule has 260 valence electrons. The number of hydrogen-bond acceptors (Lipinski definition) is 0. The second-order valence-corrected chi connectivity index (χ2v) is 20.2. The molecule has 0 N–H and O–H groups in total. The third-order valence-electron chi connectivity index (χ3n) is 18.8. The zero-order valence-corrected chi connectivity index (χ0v) is 30.5. The predicted octanol–water partition coefficient (Wildman–Crippen LogP) is 13.7. The van der Waals surface area contributed by atoms with Crippen LogP contribution in [0.1, 0.15) is 193 Å². The Labute approximate surface area is 286 Å². The van der Waals surface area contributed by atoms with Gasteiger partial charge in [-0.3, -0.25) is 0 Å². The molecule has 0 bridgehead atoms. The first-order valence-electron chi connectivity index (χ1n) is 22.9. The largest absolute Gasteiger partial charge is 0.0530 e. The molecule has 0 aromatic heterocycles. The standard InChI is InChI=1S/C46H76/c1-3-19-33-31(15-1)17-13-29-35(33)37-21-5-7-23-39(37)45-41-25-9-11-27-43(41)46(44-28-12-10-26-42(44)45)40-24-8-6-22-38(40)36-30-14-18-32-16-2-4-20-34(32)36/h31-46H,1-30H2. The van der Waals surface area contributed by atoms with Gasteiger partial charge < -0.3 is 0 Å². The number of rotatable bonds is 4. The van der Waals surface area contributed by atoms with Crippen LogP contribution in [0.5, 0.6) is 0 Å². The van der Waals surface area contributed by atoms with Gasteiger partial charge >= 0.3 is 0 Å². The van der Waals surface area contributed by atoms with E-state index in [0.29, 0.717) is 0 Å². The molecule has 14 unspecified atom stereocenters. The monoisotopic (exact) mass is 629 g/mol. The second kappa shape index (κ2) is 14.3. The molecule has 9 aliphatic rings. The lowest BCUT2D eigenvalue weighted by Gasteiger charge is -2.63. The van der Waals surface area contributed by atoms with Crippen LogP contribution < -0.4 is 0 Å². The van der Waals surface area contributed by atoms with E-state index >= 15 is 0 Å². The summed E-state index contributed by atoms with van der Waals surface area (Å²) in [6, 6.07) is 0. The van der Waals surface area contributed by atoms with Crippen molar-refractivity contribution >= 4 is 0 Å². The third kappa shape index (κ3) is 5.84. The molecule has 0 aromatic carbocycles. The topological polar surface area (TPSA) is 0 Å². The van der Waals surface area contributed by atoms with Gasteiger partial charge in [0.2, 0.25) is 0 Å². The molecular formula is C46H76. The molecule has 0 radical (unpaired) electrons. The van der Waals surface area contributed by atoms with Crippen molar-refractivity contribution in [2.75, 3.05) is 0 Å². The average Bonchev–Trinajstić information content (AvgIpc) is 3.13. The second-order valence-electron chi connectivity index (χ2n) is 20.2. The molecular weight excluding hydrogens is 553 g/mol. The van der Waals surface area contributed by atoms with Gasteiger partial charge in [-0.1, -0.05) is 116 Å². The van der Waals surface area contributed by atoms with Gasteiger partial charge in [0.15, 0.2) is 0 Å². The third-order valence-corrected chi connectivity index (χ3v) is 18.8. The van der Waals surface area contributed by atoms with Gasteiger partial charge in [-0.05, 0) is 172 Å². The van der Waals surface area contributed by atoms with E-state index in [1.165, 1.54) is 0 Å². The van der Waals surface area contributed by atoms with E-state index in [-0.39, 0.29) is 0 Å². The van der Waals surface area contributed by atoms with Crippen LogP contribution >= 0.6 is 0 Å². The summed E-state index contributed by atoms with van der Waals surface area (Å²) in [6.07, 6.45) is 48.3. The predicted molar refractivity (Wildman–Crippen MR) is 194 cm³/mol. The van der Waals surface area contributed by atoms with Crippen LogP contribution in [0.4, 0.5) is 0 Å². The van der Waals surface area contributed by atoms with E-state index in [1.54, 1.807) is 193 Å². The van der Waals surface area contributed by atoms with Gasteiger partial charge in [0, 0.05) is 0 Å². The molecule has 0 saturated heterocycles. The Kier molecular flexibility index (Phi) is 9.94. The van der Waals surface area contributed by atoms with Crippen LogP contribution in [0, 0.1) is 94.7 Å². The molecule has 9 fully saturated rings. The molecule has 0 nitrogen and oxygen atoms in total. The van der Waals surface area contributed by atoms with Crippen molar-refractivity contribution in [3.8, 4) is 0 Å². The van der Waals surface area contributed by atoms with Crippen molar-refractivity contribution < 1.29 is 0 Å². The minimum absolute atomic E-state index is 1.12. The summed E-state index contributed by atoms with van der Waals surface area (Å²) in [6.45, 7) is 0. The number of hydrogen-bond donors (Lipinski definition) is 0. The fraction of sp³-hybridized carbons (Fsp3) is 1.00. The molecule has 0 heterocycles. The van der Waals surface area contributed by atoms with Crippen molar-refractivity contribution in [2.24, 2.45) is 94.7 Å². The fourth-order valence-electron chi connectivity index (χ4n) is 17.6. The molecule has 0 aliphatic heterocycles. The van der Waals surface area contributed by atoms with Crippen LogP contribution in [0.2, 0.25) is 0 Å². The summed E-state index contributed by atoms with van der Waals surface area (Å²) in [4.78, 5) is 0. The van der Waals surface area contributed by atoms with Crippen LogP contribution in [0.25, 0.3) is 0 Å². The summed E-state index contributed by atoms with van der Waals surface area (Å²) < 4.78 is 0. The Morgan fingerprint density at radius 3 is 0.696 bits per heavy atom. The summed E-state index contributed by atoms with van der Waals surface area (Å²) in [7, 11) is 0. The Hall–Kier alpha value is 0.